The maximum absolute atomic E-state index is 9.66. The number of halogens is 2. The van der Waals surface area contributed by atoms with Crippen LogP contribution in [0.3, 0.4) is 0 Å². The van der Waals surface area contributed by atoms with Crippen molar-refractivity contribution in [3.8, 4) is 28.3 Å². The maximum atomic E-state index is 9.66. The highest BCUT2D eigenvalue weighted by molar-refractivity contribution is 6.39. The molecule has 0 radical (unpaired) electrons. The van der Waals surface area contributed by atoms with Gasteiger partial charge in [-0.3, -0.25) is 9.98 Å². The molecular formula is C35H37Cl2N7O4. The number of aromatic nitrogens is 2. The zero-order valence-corrected chi connectivity index (χ0v) is 28.8. The first-order valence-corrected chi connectivity index (χ1v) is 16.1. The number of nitrogens with one attached hydrogen (secondary N) is 2. The Morgan fingerprint density at radius 2 is 1.81 bits per heavy atom. The lowest BCUT2D eigenvalue weighted by atomic mass is 9.98. The lowest BCUT2D eigenvalue weighted by molar-refractivity contribution is 0.263. The molecule has 0 fully saturated rings. The fourth-order valence-electron chi connectivity index (χ4n) is 5.28. The van der Waals surface area contributed by atoms with Crippen LogP contribution in [0.25, 0.3) is 28.1 Å². The van der Waals surface area contributed by atoms with Crippen LogP contribution in [-0.4, -0.2) is 77.7 Å². The second-order valence-electron chi connectivity index (χ2n) is 10.9. The number of amidine groups is 2. The molecule has 2 aromatic carbocycles. The summed E-state index contributed by atoms with van der Waals surface area (Å²) in [6.07, 6.45) is 5.19. The standard InChI is InChI=1S/C35H37Cl2N7O4/c1-6-19(3)28(32-39-14-20(17-45)41-32)34(47-4)43-26(7-2)24-12-8-10-22(29(24)36)23-11-9-13-25(30(23)37)27-16-38-31(35(44-27)48-5)33-40-15-21(18-46)42-33/h7-13,16,18,20,45-46H,6,14-15,17H2,1-5H3,(H,39,41)(H,40,42)/b21-18+,26-7-,28-19+,43-34-/t20-/m0/s1. The van der Waals surface area contributed by atoms with Crippen LogP contribution in [0.4, 0.5) is 0 Å². The van der Waals surface area contributed by atoms with E-state index in [2.05, 4.69) is 37.5 Å². The molecular weight excluding hydrogens is 653 g/mol. The average Bonchev–Trinajstić information content (AvgIpc) is 3.80. The molecule has 0 unspecified atom stereocenters. The number of aliphatic hydroxyl groups excluding tert-OH is 2. The molecule has 0 saturated heterocycles. The van der Waals surface area contributed by atoms with E-state index >= 15 is 0 Å². The van der Waals surface area contributed by atoms with Crippen LogP contribution in [0, 0.1) is 0 Å². The first-order valence-electron chi connectivity index (χ1n) is 15.3. The number of aliphatic hydroxyl groups is 2. The second-order valence-corrected chi connectivity index (χ2v) is 11.7. The van der Waals surface area contributed by atoms with Crippen molar-refractivity contribution in [1.29, 1.82) is 0 Å². The second kappa shape index (κ2) is 15.5. The Balaban J connectivity index is 1.52. The number of nitrogens with zero attached hydrogens (tertiary/aromatic N) is 5. The van der Waals surface area contributed by atoms with E-state index in [1.807, 2.05) is 56.3 Å². The van der Waals surface area contributed by atoms with Gasteiger partial charge in [0, 0.05) is 22.3 Å². The monoisotopic (exact) mass is 689 g/mol. The summed E-state index contributed by atoms with van der Waals surface area (Å²) in [4.78, 5) is 23.1. The summed E-state index contributed by atoms with van der Waals surface area (Å²) in [5.41, 5.74) is 6.54. The van der Waals surface area contributed by atoms with Gasteiger partial charge in [-0.2, -0.15) is 0 Å². The van der Waals surface area contributed by atoms with Crippen molar-refractivity contribution in [3.05, 3.63) is 93.1 Å². The SMILES string of the molecule is C\C=C(/N=C(OC)/C(C1=NC[C@@H](CO)N1)=C(\C)CC)c1cccc(-c2cccc(-c3cnc(C4=NC/C(=C\O)N4)c(OC)n3)c2Cl)c1Cl. The van der Waals surface area contributed by atoms with Crippen molar-refractivity contribution >= 4 is 46.5 Å². The Hall–Kier alpha value is -4.71. The van der Waals surface area contributed by atoms with E-state index in [0.29, 0.717) is 85.7 Å². The van der Waals surface area contributed by atoms with Gasteiger partial charge in [0.1, 0.15) is 12.1 Å². The number of benzene rings is 2. The molecule has 1 aromatic heterocycles. The molecule has 250 valence electrons. The smallest absolute Gasteiger partial charge is 0.244 e. The number of methoxy groups -OCH3 is 2. The minimum atomic E-state index is -0.160. The normalized spacial score (nSPS) is 17.8. The molecule has 48 heavy (non-hydrogen) atoms. The van der Waals surface area contributed by atoms with E-state index in [0.717, 1.165) is 23.8 Å². The van der Waals surface area contributed by atoms with Crippen LogP contribution in [0.15, 0.2) is 86.8 Å². The Morgan fingerprint density at radius 3 is 2.44 bits per heavy atom. The largest absolute Gasteiger partial charge is 0.514 e. The van der Waals surface area contributed by atoms with Gasteiger partial charge in [-0.05, 0) is 20.3 Å². The molecule has 0 bridgehead atoms. The number of ether oxygens (including phenoxy) is 2. The molecule has 2 aliphatic heterocycles. The summed E-state index contributed by atoms with van der Waals surface area (Å²) < 4.78 is 11.4. The van der Waals surface area contributed by atoms with E-state index in [-0.39, 0.29) is 18.5 Å². The maximum Gasteiger partial charge on any atom is 0.244 e. The van der Waals surface area contributed by atoms with E-state index in [4.69, 9.17) is 37.7 Å². The van der Waals surface area contributed by atoms with Crippen molar-refractivity contribution in [1.82, 2.24) is 20.6 Å². The van der Waals surface area contributed by atoms with Gasteiger partial charge in [-0.15, -0.1) is 0 Å². The van der Waals surface area contributed by atoms with Gasteiger partial charge in [0.2, 0.25) is 11.8 Å². The fraction of sp³-hybridized carbons (Fsp3) is 0.286. The molecule has 0 aliphatic carbocycles. The summed E-state index contributed by atoms with van der Waals surface area (Å²) in [6, 6.07) is 11.1. The van der Waals surface area contributed by atoms with Crippen molar-refractivity contribution in [3.63, 3.8) is 0 Å². The molecule has 0 spiro atoms. The van der Waals surface area contributed by atoms with Gasteiger partial charge < -0.3 is 30.3 Å². The average molecular weight is 691 g/mol. The van der Waals surface area contributed by atoms with Crippen LogP contribution < -0.4 is 15.4 Å². The van der Waals surface area contributed by atoms with Crippen LogP contribution in [0.5, 0.6) is 5.88 Å². The molecule has 0 saturated carbocycles. The first kappa shape index (κ1) is 34.6. The van der Waals surface area contributed by atoms with Crippen molar-refractivity contribution in [2.24, 2.45) is 15.0 Å². The minimum absolute atomic E-state index is 0.0279. The highest BCUT2D eigenvalue weighted by atomic mass is 35.5. The molecule has 1 atom stereocenters. The summed E-state index contributed by atoms with van der Waals surface area (Å²) in [5, 5.41) is 26.1. The van der Waals surface area contributed by atoms with Crippen LogP contribution >= 0.6 is 23.2 Å². The Kier molecular flexibility index (Phi) is 11.2. The summed E-state index contributed by atoms with van der Waals surface area (Å²) >= 11 is 14.2. The fourth-order valence-corrected chi connectivity index (χ4v) is 5.93. The van der Waals surface area contributed by atoms with Crippen molar-refractivity contribution < 1.29 is 19.7 Å². The lowest BCUT2D eigenvalue weighted by Gasteiger charge is -2.17. The molecule has 11 nitrogen and oxygen atoms in total. The molecule has 3 aromatic rings. The molecule has 13 heteroatoms. The van der Waals surface area contributed by atoms with Gasteiger partial charge >= 0.3 is 0 Å². The Bertz CT molecular complexity index is 1900. The number of aliphatic imine (C=N–C) groups is 3. The van der Waals surface area contributed by atoms with E-state index in [1.54, 1.807) is 13.3 Å². The highest BCUT2D eigenvalue weighted by Crippen LogP contribution is 2.41. The van der Waals surface area contributed by atoms with Gasteiger partial charge in [-0.25, -0.2) is 15.0 Å². The zero-order valence-electron chi connectivity index (χ0n) is 27.3. The Labute approximate surface area is 289 Å². The Morgan fingerprint density at radius 1 is 1.08 bits per heavy atom. The van der Waals surface area contributed by atoms with E-state index in [1.165, 1.54) is 7.11 Å². The van der Waals surface area contributed by atoms with Gasteiger partial charge in [0.05, 0.1) is 78.9 Å². The summed E-state index contributed by atoms with van der Waals surface area (Å²) in [6.45, 7) is 6.68. The van der Waals surface area contributed by atoms with Gasteiger partial charge in [0.15, 0.2) is 11.5 Å². The van der Waals surface area contributed by atoms with E-state index < -0.39 is 0 Å². The van der Waals surface area contributed by atoms with Crippen LogP contribution in [0.2, 0.25) is 10.0 Å². The van der Waals surface area contributed by atoms with Crippen molar-refractivity contribution in [2.75, 3.05) is 33.9 Å². The molecule has 0 amide bonds. The van der Waals surface area contributed by atoms with Crippen LogP contribution in [0.1, 0.15) is 38.4 Å². The van der Waals surface area contributed by atoms with Crippen molar-refractivity contribution in [2.45, 2.75) is 33.2 Å². The quantitative estimate of drug-likeness (QED) is 0.109. The third-order valence-electron chi connectivity index (χ3n) is 7.97. The number of allylic oxidation sites excluding steroid dienone is 2. The summed E-state index contributed by atoms with van der Waals surface area (Å²) in [5.74, 6) is 1.72. The predicted octanol–water partition coefficient (Wildman–Crippen LogP) is 6.37. The molecule has 2 aliphatic rings. The first-order chi connectivity index (χ1) is 23.3. The number of hydrogen-bond acceptors (Lipinski definition) is 11. The lowest BCUT2D eigenvalue weighted by Crippen LogP contribution is -2.36. The van der Waals surface area contributed by atoms with Gasteiger partial charge in [-0.1, -0.05) is 78.2 Å². The summed E-state index contributed by atoms with van der Waals surface area (Å²) in [7, 11) is 3.07. The van der Waals surface area contributed by atoms with Gasteiger partial charge in [0.25, 0.3) is 0 Å². The predicted molar refractivity (Wildman–Crippen MR) is 192 cm³/mol. The van der Waals surface area contributed by atoms with E-state index in [9.17, 15) is 10.2 Å². The third-order valence-corrected chi connectivity index (χ3v) is 8.78. The highest BCUT2D eigenvalue weighted by Gasteiger charge is 2.26. The molecule has 5 rings (SSSR count). The number of rotatable bonds is 10. The zero-order chi connectivity index (χ0) is 34.4. The molecule has 3 heterocycles. The van der Waals surface area contributed by atoms with Crippen LogP contribution in [-0.2, 0) is 4.74 Å². The minimum Gasteiger partial charge on any atom is -0.514 e. The third kappa shape index (κ3) is 6.94. The molecule has 4 N–H and O–H groups in total. The number of hydrogen-bond donors (Lipinski definition) is 4. The topological polar surface area (TPSA) is 146 Å².